The predicted octanol–water partition coefficient (Wildman–Crippen LogP) is 4.84. The summed E-state index contributed by atoms with van der Waals surface area (Å²) in [5, 5.41) is 6.97. The standard InChI is InChI=1S/C25H26ClN3O3/c1-3-32-23(30)17-8-11-20(12-9-17)29-24(31)25(16(2)27-29)15-18-7-10-19(26)14-21(18)28-13-5-4-6-22(25)28/h7-12,14,22H,3-6,13,15H2,1-2H3/t22-,25-/m1/s1. The van der Waals surface area contributed by atoms with Gasteiger partial charge >= 0.3 is 5.97 Å². The molecule has 0 bridgehead atoms. The van der Waals surface area contributed by atoms with Gasteiger partial charge in [-0.15, -0.1) is 0 Å². The van der Waals surface area contributed by atoms with Crippen LogP contribution >= 0.6 is 11.6 Å². The molecule has 0 saturated carbocycles. The summed E-state index contributed by atoms with van der Waals surface area (Å²) in [5.41, 5.74) is 3.54. The Morgan fingerprint density at radius 2 is 2.00 bits per heavy atom. The van der Waals surface area contributed by atoms with Crippen LogP contribution in [0.4, 0.5) is 11.4 Å². The van der Waals surface area contributed by atoms with E-state index in [2.05, 4.69) is 4.90 Å². The molecule has 3 heterocycles. The van der Waals surface area contributed by atoms with Crippen molar-refractivity contribution < 1.29 is 14.3 Å². The van der Waals surface area contributed by atoms with Crippen LogP contribution in [0.5, 0.6) is 0 Å². The molecule has 7 heteroatoms. The summed E-state index contributed by atoms with van der Waals surface area (Å²) in [6.45, 7) is 4.98. The average molecular weight is 452 g/mol. The van der Waals surface area contributed by atoms with Crippen molar-refractivity contribution in [3.8, 4) is 0 Å². The van der Waals surface area contributed by atoms with Crippen molar-refractivity contribution in [3.05, 3.63) is 58.6 Å². The number of benzene rings is 2. The van der Waals surface area contributed by atoms with Crippen LogP contribution in [-0.2, 0) is 16.0 Å². The zero-order valence-electron chi connectivity index (χ0n) is 18.3. The lowest BCUT2D eigenvalue weighted by Crippen LogP contribution is -2.61. The minimum Gasteiger partial charge on any atom is -0.462 e. The highest BCUT2D eigenvalue weighted by Gasteiger charge is 2.59. The topological polar surface area (TPSA) is 62.2 Å². The van der Waals surface area contributed by atoms with E-state index in [9.17, 15) is 9.59 Å². The Hall–Kier alpha value is -2.86. The van der Waals surface area contributed by atoms with Gasteiger partial charge in [-0.2, -0.15) is 10.1 Å². The Labute approximate surface area is 192 Å². The first-order valence-corrected chi connectivity index (χ1v) is 11.6. The summed E-state index contributed by atoms with van der Waals surface area (Å²) in [4.78, 5) is 28.4. The van der Waals surface area contributed by atoms with Crippen LogP contribution in [0.1, 0.15) is 49.0 Å². The van der Waals surface area contributed by atoms with E-state index in [1.807, 2.05) is 25.1 Å². The first-order chi connectivity index (χ1) is 15.5. The number of amides is 1. The third-order valence-electron chi connectivity index (χ3n) is 6.99. The molecule has 0 N–H and O–H groups in total. The molecule has 1 saturated heterocycles. The summed E-state index contributed by atoms with van der Waals surface area (Å²) in [5.74, 6) is -0.375. The third kappa shape index (κ3) is 3.12. The first-order valence-electron chi connectivity index (χ1n) is 11.2. The van der Waals surface area contributed by atoms with Gasteiger partial charge in [0, 0.05) is 23.3 Å². The minimum atomic E-state index is -0.693. The summed E-state index contributed by atoms with van der Waals surface area (Å²) < 4.78 is 5.06. The number of esters is 1. The summed E-state index contributed by atoms with van der Waals surface area (Å²) in [7, 11) is 0. The summed E-state index contributed by atoms with van der Waals surface area (Å²) in [6.07, 6.45) is 3.75. The van der Waals surface area contributed by atoms with E-state index in [4.69, 9.17) is 21.4 Å². The molecule has 3 aliphatic rings. The maximum absolute atomic E-state index is 14.0. The number of nitrogens with zero attached hydrogens (tertiary/aromatic N) is 3. The highest BCUT2D eigenvalue weighted by atomic mass is 35.5. The number of piperidine rings is 1. The number of fused-ring (bicyclic) bond motifs is 4. The predicted molar refractivity (Wildman–Crippen MR) is 126 cm³/mol. The van der Waals surface area contributed by atoms with Crippen molar-refractivity contribution in [2.75, 3.05) is 23.1 Å². The van der Waals surface area contributed by atoms with Crippen LogP contribution in [0.25, 0.3) is 0 Å². The maximum Gasteiger partial charge on any atom is 0.338 e. The van der Waals surface area contributed by atoms with Crippen molar-refractivity contribution in [2.24, 2.45) is 10.5 Å². The van der Waals surface area contributed by atoms with Gasteiger partial charge in [0.25, 0.3) is 5.91 Å². The minimum absolute atomic E-state index is 0.00335. The van der Waals surface area contributed by atoms with Crippen molar-refractivity contribution in [1.82, 2.24) is 0 Å². The molecule has 1 amide bonds. The lowest BCUT2D eigenvalue weighted by molar-refractivity contribution is -0.125. The van der Waals surface area contributed by atoms with Crippen molar-refractivity contribution >= 4 is 40.6 Å². The third-order valence-corrected chi connectivity index (χ3v) is 7.23. The van der Waals surface area contributed by atoms with Crippen LogP contribution < -0.4 is 9.91 Å². The van der Waals surface area contributed by atoms with Crippen molar-refractivity contribution in [3.63, 3.8) is 0 Å². The number of hydrogen-bond donors (Lipinski definition) is 0. The van der Waals surface area contributed by atoms with E-state index < -0.39 is 5.41 Å². The second-order valence-corrected chi connectivity index (χ2v) is 9.13. The smallest absolute Gasteiger partial charge is 0.338 e. The molecular weight excluding hydrogens is 426 g/mol. The Morgan fingerprint density at radius 1 is 1.22 bits per heavy atom. The molecule has 0 aromatic heterocycles. The molecule has 1 spiro atoms. The summed E-state index contributed by atoms with van der Waals surface area (Å²) in [6, 6.07) is 12.9. The molecule has 2 atom stereocenters. The second kappa shape index (κ2) is 7.93. The molecule has 32 heavy (non-hydrogen) atoms. The Balaban J connectivity index is 1.52. The number of ether oxygens (including phenoxy) is 1. The van der Waals surface area contributed by atoms with Crippen LogP contribution in [-0.4, -0.2) is 36.8 Å². The molecule has 6 nitrogen and oxygen atoms in total. The fourth-order valence-electron chi connectivity index (χ4n) is 5.45. The van der Waals surface area contributed by atoms with E-state index in [0.717, 1.165) is 47.8 Å². The zero-order chi connectivity index (χ0) is 22.5. The lowest BCUT2D eigenvalue weighted by atomic mass is 9.66. The number of rotatable bonds is 3. The van der Waals surface area contributed by atoms with E-state index in [0.29, 0.717) is 24.3 Å². The highest BCUT2D eigenvalue weighted by Crippen LogP contribution is 2.50. The second-order valence-electron chi connectivity index (χ2n) is 8.70. The van der Waals surface area contributed by atoms with E-state index in [1.54, 1.807) is 31.2 Å². The maximum atomic E-state index is 14.0. The van der Waals surface area contributed by atoms with Gasteiger partial charge in [0.15, 0.2) is 0 Å². The number of hydrogen-bond acceptors (Lipinski definition) is 5. The molecule has 0 unspecified atom stereocenters. The van der Waals surface area contributed by atoms with E-state index in [1.165, 1.54) is 5.01 Å². The summed E-state index contributed by atoms with van der Waals surface area (Å²) >= 11 is 6.32. The number of hydrazone groups is 1. The number of carbonyl (C=O) groups excluding carboxylic acids is 2. The molecule has 5 rings (SSSR count). The monoisotopic (exact) mass is 451 g/mol. The van der Waals surface area contributed by atoms with E-state index >= 15 is 0 Å². The SMILES string of the molecule is CCOC(=O)c1ccc(N2N=C(C)[C@@]3(Cc4ccc(Cl)cc4N4CCCC[C@@H]43)C2=O)cc1. The fourth-order valence-corrected chi connectivity index (χ4v) is 5.61. The Bertz CT molecular complexity index is 1110. The van der Waals surface area contributed by atoms with Crippen LogP contribution in [0.2, 0.25) is 5.02 Å². The van der Waals surface area contributed by atoms with Gasteiger partial charge in [0.05, 0.1) is 23.6 Å². The van der Waals surface area contributed by atoms with Crippen LogP contribution in [0.3, 0.4) is 0 Å². The van der Waals surface area contributed by atoms with Crippen LogP contribution in [0, 0.1) is 5.41 Å². The van der Waals surface area contributed by atoms with Gasteiger partial charge in [-0.05, 0) is 81.5 Å². The van der Waals surface area contributed by atoms with Gasteiger partial charge in [0.1, 0.15) is 5.41 Å². The highest BCUT2D eigenvalue weighted by molar-refractivity contribution is 6.31. The Kier molecular flexibility index (Phi) is 5.20. The quantitative estimate of drug-likeness (QED) is 0.626. The number of carbonyl (C=O) groups is 2. The van der Waals surface area contributed by atoms with Gasteiger partial charge < -0.3 is 9.64 Å². The molecular formula is C25H26ClN3O3. The molecule has 0 radical (unpaired) electrons. The molecule has 3 aliphatic heterocycles. The van der Waals surface area contributed by atoms with Gasteiger partial charge in [-0.1, -0.05) is 17.7 Å². The van der Waals surface area contributed by atoms with Crippen molar-refractivity contribution in [1.29, 1.82) is 0 Å². The zero-order valence-corrected chi connectivity index (χ0v) is 19.1. The van der Waals surface area contributed by atoms with Crippen molar-refractivity contribution in [2.45, 2.75) is 45.6 Å². The normalized spacial score (nSPS) is 24.3. The number of anilines is 2. The number of halogens is 1. The van der Waals surface area contributed by atoms with E-state index in [-0.39, 0.29) is 17.9 Å². The first kappa shape index (κ1) is 21.0. The largest absolute Gasteiger partial charge is 0.462 e. The molecule has 166 valence electrons. The average Bonchev–Trinajstić information content (AvgIpc) is 3.05. The van der Waals surface area contributed by atoms with Gasteiger partial charge in [-0.25, -0.2) is 4.79 Å². The van der Waals surface area contributed by atoms with Gasteiger partial charge in [0.2, 0.25) is 0 Å². The van der Waals surface area contributed by atoms with Gasteiger partial charge in [-0.3, -0.25) is 4.79 Å². The van der Waals surface area contributed by atoms with Crippen LogP contribution in [0.15, 0.2) is 47.6 Å². The fraction of sp³-hybridized carbons (Fsp3) is 0.400. The molecule has 2 aromatic rings. The molecule has 0 aliphatic carbocycles. The molecule has 2 aromatic carbocycles. The molecule has 1 fully saturated rings. The lowest BCUT2D eigenvalue weighted by Gasteiger charge is -2.51. The Morgan fingerprint density at radius 3 is 2.75 bits per heavy atom.